The maximum atomic E-state index is 12.3. The van der Waals surface area contributed by atoms with Gasteiger partial charge in [-0.15, -0.1) is 0 Å². The fraction of sp³-hybridized carbons (Fsp3) is 0.938. The first-order valence-electron chi connectivity index (χ1n) is 7.87. The Morgan fingerprint density at radius 3 is 2.45 bits per heavy atom. The number of amides is 1. The molecule has 4 nitrogen and oxygen atoms in total. The summed E-state index contributed by atoms with van der Waals surface area (Å²) in [6.07, 6.45) is 7.26. The molecule has 1 saturated carbocycles. The second kappa shape index (κ2) is 7.41. The van der Waals surface area contributed by atoms with Gasteiger partial charge >= 0.3 is 0 Å². The molecular formula is C16H32N2O2. The number of carbonyl (C=O) groups excluding carboxylic acids is 1. The molecule has 3 N–H and O–H groups in total. The molecule has 0 aromatic heterocycles. The summed E-state index contributed by atoms with van der Waals surface area (Å²) in [7, 11) is 1.71. The SMILES string of the molecule is COC(C)(C)CC(C)NC(=O)CC1(CN)CCCCC1. The maximum Gasteiger partial charge on any atom is 0.220 e. The highest BCUT2D eigenvalue weighted by Gasteiger charge is 2.33. The van der Waals surface area contributed by atoms with Gasteiger partial charge in [-0.2, -0.15) is 0 Å². The van der Waals surface area contributed by atoms with E-state index in [1.165, 1.54) is 19.3 Å². The van der Waals surface area contributed by atoms with Crippen molar-refractivity contribution in [3.8, 4) is 0 Å². The lowest BCUT2D eigenvalue weighted by molar-refractivity contribution is -0.124. The fourth-order valence-electron chi connectivity index (χ4n) is 3.29. The molecule has 0 bridgehead atoms. The van der Waals surface area contributed by atoms with Crippen molar-refractivity contribution in [1.29, 1.82) is 0 Å². The average Bonchev–Trinajstić information content (AvgIpc) is 2.38. The van der Waals surface area contributed by atoms with Crippen LogP contribution in [0, 0.1) is 5.41 Å². The van der Waals surface area contributed by atoms with Crippen molar-refractivity contribution in [2.45, 2.75) is 77.4 Å². The third kappa shape index (κ3) is 5.41. The van der Waals surface area contributed by atoms with Crippen LogP contribution >= 0.6 is 0 Å². The topological polar surface area (TPSA) is 64.3 Å². The van der Waals surface area contributed by atoms with Gasteiger partial charge in [0.05, 0.1) is 5.60 Å². The van der Waals surface area contributed by atoms with E-state index in [0.717, 1.165) is 19.3 Å². The van der Waals surface area contributed by atoms with Crippen molar-refractivity contribution in [3.05, 3.63) is 0 Å². The Morgan fingerprint density at radius 2 is 1.95 bits per heavy atom. The summed E-state index contributed by atoms with van der Waals surface area (Å²) in [4.78, 5) is 12.3. The quantitative estimate of drug-likeness (QED) is 0.755. The molecule has 0 saturated heterocycles. The average molecular weight is 284 g/mol. The highest BCUT2D eigenvalue weighted by molar-refractivity contribution is 5.77. The van der Waals surface area contributed by atoms with Gasteiger partial charge in [0.2, 0.25) is 5.91 Å². The third-order valence-electron chi connectivity index (χ3n) is 4.64. The summed E-state index contributed by atoms with van der Waals surface area (Å²) in [6, 6.07) is 0.121. The van der Waals surface area contributed by atoms with E-state index in [-0.39, 0.29) is 23.0 Å². The molecule has 118 valence electrons. The normalized spacial score (nSPS) is 20.4. The van der Waals surface area contributed by atoms with E-state index in [1.807, 2.05) is 20.8 Å². The molecule has 1 fully saturated rings. The highest BCUT2D eigenvalue weighted by Crippen LogP contribution is 2.38. The molecular weight excluding hydrogens is 252 g/mol. The molecule has 1 aliphatic rings. The van der Waals surface area contributed by atoms with Gasteiger partial charge in [-0.05, 0) is 52.0 Å². The largest absolute Gasteiger partial charge is 0.379 e. The zero-order chi connectivity index (χ0) is 15.2. The van der Waals surface area contributed by atoms with Crippen molar-refractivity contribution in [1.82, 2.24) is 5.32 Å². The Morgan fingerprint density at radius 1 is 1.35 bits per heavy atom. The van der Waals surface area contributed by atoms with E-state index in [0.29, 0.717) is 13.0 Å². The lowest BCUT2D eigenvalue weighted by Crippen LogP contribution is -2.43. The molecule has 1 rings (SSSR count). The lowest BCUT2D eigenvalue weighted by Gasteiger charge is -2.36. The summed E-state index contributed by atoms with van der Waals surface area (Å²) in [5.41, 5.74) is 5.78. The van der Waals surface area contributed by atoms with Crippen LogP contribution in [0.1, 0.15) is 65.7 Å². The molecule has 0 aromatic rings. The molecule has 1 unspecified atom stereocenters. The molecule has 0 radical (unpaired) electrons. The standard InChI is InChI=1S/C16H32N2O2/c1-13(10-15(2,3)20-4)18-14(19)11-16(12-17)8-6-5-7-9-16/h13H,5-12,17H2,1-4H3,(H,18,19). The zero-order valence-corrected chi connectivity index (χ0v) is 13.6. The van der Waals surface area contributed by atoms with Crippen LogP contribution in [0.4, 0.5) is 0 Å². The Hall–Kier alpha value is -0.610. The third-order valence-corrected chi connectivity index (χ3v) is 4.64. The number of rotatable bonds is 7. The lowest BCUT2D eigenvalue weighted by atomic mass is 9.71. The van der Waals surface area contributed by atoms with E-state index in [2.05, 4.69) is 5.32 Å². The molecule has 0 spiro atoms. The molecule has 1 atom stereocenters. The number of carbonyl (C=O) groups is 1. The summed E-state index contributed by atoms with van der Waals surface area (Å²) >= 11 is 0. The zero-order valence-electron chi connectivity index (χ0n) is 13.6. The van der Waals surface area contributed by atoms with E-state index >= 15 is 0 Å². The second-order valence-corrected chi connectivity index (χ2v) is 7.08. The number of nitrogens with two attached hydrogens (primary N) is 1. The van der Waals surface area contributed by atoms with Gasteiger partial charge in [0.25, 0.3) is 0 Å². The second-order valence-electron chi connectivity index (χ2n) is 7.08. The predicted octanol–water partition coefficient (Wildman–Crippen LogP) is 2.61. The van der Waals surface area contributed by atoms with E-state index in [9.17, 15) is 4.79 Å². The molecule has 0 heterocycles. The Kier molecular flexibility index (Phi) is 6.46. The smallest absolute Gasteiger partial charge is 0.220 e. The first-order chi connectivity index (χ1) is 9.32. The number of hydrogen-bond donors (Lipinski definition) is 2. The van der Waals surface area contributed by atoms with E-state index in [4.69, 9.17) is 10.5 Å². The van der Waals surface area contributed by atoms with Crippen LogP contribution in [0.5, 0.6) is 0 Å². The maximum absolute atomic E-state index is 12.3. The molecule has 1 aliphatic carbocycles. The summed E-state index contributed by atoms with van der Waals surface area (Å²) in [6.45, 7) is 6.74. The van der Waals surface area contributed by atoms with Crippen molar-refractivity contribution in [2.24, 2.45) is 11.1 Å². The minimum atomic E-state index is -0.205. The van der Waals surface area contributed by atoms with Crippen molar-refractivity contribution in [3.63, 3.8) is 0 Å². The predicted molar refractivity (Wildman–Crippen MR) is 82.5 cm³/mol. The number of ether oxygens (including phenoxy) is 1. The van der Waals surface area contributed by atoms with Gasteiger partial charge in [0.15, 0.2) is 0 Å². The first-order valence-corrected chi connectivity index (χ1v) is 7.87. The van der Waals surface area contributed by atoms with Crippen LogP contribution in [0.3, 0.4) is 0 Å². The van der Waals surface area contributed by atoms with Gasteiger partial charge in [0, 0.05) is 19.6 Å². The van der Waals surface area contributed by atoms with E-state index < -0.39 is 0 Å². The summed E-state index contributed by atoms with van der Waals surface area (Å²) in [5.74, 6) is 0.136. The van der Waals surface area contributed by atoms with Gasteiger partial charge in [0.1, 0.15) is 0 Å². The summed E-state index contributed by atoms with van der Waals surface area (Å²) < 4.78 is 5.41. The minimum absolute atomic E-state index is 0.0405. The molecule has 1 amide bonds. The molecule has 0 aliphatic heterocycles. The Balaban J connectivity index is 2.45. The van der Waals surface area contributed by atoms with Gasteiger partial charge in [-0.25, -0.2) is 0 Å². The van der Waals surface area contributed by atoms with Crippen molar-refractivity contribution in [2.75, 3.05) is 13.7 Å². The Labute approximate surface area is 123 Å². The number of methoxy groups -OCH3 is 1. The van der Waals surface area contributed by atoms with Crippen LogP contribution < -0.4 is 11.1 Å². The first kappa shape index (κ1) is 17.4. The van der Waals surface area contributed by atoms with Gasteiger partial charge in [-0.1, -0.05) is 19.3 Å². The van der Waals surface area contributed by atoms with Crippen LogP contribution in [0.25, 0.3) is 0 Å². The minimum Gasteiger partial charge on any atom is -0.379 e. The summed E-state index contributed by atoms with van der Waals surface area (Å²) in [5, 5.41) is 3.10. The molecule has 4 heteroatoms. The van der Waals surface area contributed by atoms with Crippen LogP contribution in [0.2, 0.25) is 0 Å². The monoisotopic (exact) mass is 284 g/mol. The van der Waals surface area contributed by atoms with Crippen molar-refractivity contribution < 1.29 is 9.53 Å². The number of nitrogens with one attached hydrogen (secondary N) is 1. The van der Waals surface area contributed by atoms with Crippen LogP contribution in [-0.4, -0.2) is 31.2 Å². The van der Waals surface area contributed by atoms with Crippen LogP contribution in [0.15, 0.2) is 0 Å². The van der Waals surface area contributed by atoms with Gasteiger partial charge in [-0.3, -0.25) is 4.79 Å². The number of hydrogen-bond acceptors (Lipinski definition) is 3. The highest BCUT2D eigenvalue weighted by atomic mass is 16.5. The fourth-order valence-corrected chi connectivity index (χ4v) is 3.29. The molecule has 20 heavy (non-hydrogen) atoms. The van der Waals surface area contributed by atoms with Crippen molar-refractivity contribution >= 4 is 5.91 Å². The van der Waals surface area contributed by atoms with Crippen LogP contribution in [-0.2, 0) is 9.53 Å². The van der Waals surface area contributed by atoms with E-state index in [1.54, 1.807) is 7.11 Å². The Bertz CT molecular complexity index is 310. The van der Waals surface area contributed by atoms with Gasteiger partial charge < -0.3 is 15.8 Å². The molecule has 0 aromatic carbocycles.